The van der Waals surface area contributed by atoms with E-state index in [2.05, 4.69) is 20.6 Å². The number of aryl methyl sites for hydroxylation is 1. The number of amides is 4. The van der Waals surface area contributed by atoms with E-state index in [-0.39, 0.29) is 50.9 Å². The summed E-state index contributed by atoms with van der Waals surface area (Å²) in [4.78, 5) is 64.0. The number of halogens is 2. The lowest BCUT2D eigenvalue weighted by molar-refractivity contribution is -0.141. The van der Waals surface area contributed by atoms with Crippen LogP contribution in [0.15, 0.2) is 24.3 Å². The molecule has 2 aliphatic carbocycles. The van der Waals surface area contributed by atoms with Crippen LogP contribution in [0.4, 0.5) is 13.6 Å². The first kappa shape index (κ1) is 35.7. The van der Waals surface area contributed by atoms with E-state index in [1.807, 2.05) is 17.7 Å². The number of nitrogens with one attached hydrogen (secondary N) is 3. The molecule has 50 heavy (non-hydrogen) atoms. The predicted octanol–water partition coefficient (Wildman–Crippen LogP) is 3.04. The monoisotopic (exact) mass is 720 g/mol. The molecule has 1 aromatic heterocycles. The zero-order valence-corrected chi connectivity index (χ0v) is 28.7. The van der Waals surface area contributed by atoms with Gasteiger partial charge in [0.25, 0.3) is 5.91 Å². The Labute approximate surface area is 288 Å². The normalized spacial score (nSPS) is 29.4. The standard InChI is InChI=1S/C33H42F2N6O8S/c1-3-21-27(37-23-10-7-6-9-22(23)36-21)49-20-15-25-26(42)39-33(29(44)40-50(47,48)31(2)13-14-31)17-19(33)16-32(34,35)12-8-4-5-11-24(38-30(45)46)28(43)41(25)18-20/h6-7,9-10,19-20,24-25,38H,3-5,8,11-18H2,1-2H3,(H,39,42)(H,40,44)(H,45,46)/t19-,20-,24+,25+,33-/m1/s1. The Kier molecular flexibility index (Phi) is 9.41. The molecular formula is C33H42F2N6O8S. The van der Waals surface area contributed by atoms with Gasteiger partial charge in [-0.3, -0.25) is 19.1 Å². The van der Waals surface area contributed by atoms with Crippen LogP contribution in [-0.2, 0) is 30.8 Å². The van der Waals surface area contributed by atoms with Gasteiger partial charge in [0.1, 0.15) is 29.4 Å². The van der Waals surface area contributed by atoms with Gasteiger partial charge in [-0.25, -0.2) is 32.0 Å². The smallest absolute Gasteiger partial charge is 0.405 e. The number of carbonyl (C=O) groups excluding carboxylic acids is 3. The highest BCUT2D eigenvalue weighted by Gasteiger charge is 2.65. The average molecular weight is 721 g/mol. The topological polar surface area (TPSA) is 197 Å². The molecule has 4 aliphatic rings. The molecule has 272 valence electrons. The zero-order chi connectivity index (χ0) is 36.1. The third-order valence-corrected chi connectivity index (χ3v) is 12.6. The maximum atomic E-state index is 15.2. The van der Waals surface area contributed by atoms with Crippen LogP contribution in [0, 0.1) is 5.92 Å². The van der Waals surface area contributed by atoms with Crippen molar-refractivity contribution in [2.24, 2.45) is 5.92 Å². The van der Waals surface area contributed by atoms with E-state index in [9.17, 15) is 32.7 Å². The summed E-state index contributed by atoms with van der Waals surface area (Å²) in [5.41, 5.74) is -0.201. The maximum Gasteiger partial charge on any atom is 0.405 e. The number of rotatable bonds is 7. The van der Waals surface area contributed by atoms with Gasteiger partial charge in [0, 0.05) is 19.3 Å². The van der Waals surface area contributed by atoms with Gasteiger partial charge in [0.2, 0.25) is 33.6 Å². The molecule has 1 aromatic carbocycles. The first-order chi connectivity index (χ1) is 23.6. The third-order valence-electron chi connectivity index (χ3n) is 10.4. The number of carbonyl (C=O) groups is 4. The molecule has 2 saturated carbocycles. The number of benzene rings is 1. The van der Waals surface area contributed by atoms with Gasteiger partial charge in [-0.15, -0.1) is 0 Å². The van der Waals surface area contributed by atoms with Crippen molar-refractivity contribution in [3.05, 3.63) is 30.0 Å². The summed E-state index contributed by atoms with van der Waals surface area (Å²) in [5, 5.41) is 14.3. The van der Waals surface area contributed by atoms with Crippen molar-refractivity contribution < 1.29 is 46.2 Å². The molecule has 0 unspecified atom stereocenters. The highest BCUT2D eigenvalue weighted by Crippen LogP contribution is 2.51. The minimum Gasteiger partial charge on any atom is -0.471 e. The van der Waals surface area contributed by atoms with E-state index in [0.29, 0.717) is 36.0 Å². The molecule has 5 atom stereocenters. The van der Waals surface area contributed by atoms with Gasteiger partial charge in [0.15, 0.2) is 0 Å². The van der Waals surface area contributed by atoms with Crippen LogP contribution in [0.3, 0.4) is 0 Å². The van der Waals surface area contributed by atoms with E-state index in [4.69, 9.17) is 4.74 Å². The molecule has 17 heteroatoms. The average Bonchev–Trinajstić information content (AvgIpc) is 3.92. The lowest BCUT2D eigenvalue weighted by Crippen LogP contribution is -2.58. The Bertz CT molecular complexity index is 1810. The summed E-state index contributed by atoms with van der Waals surface area (Å²) in [6.07, 6.45) is -2.17. The minimum atomic E-state index is -4.17. The number of hydrogen-bond acceptors (Lipinski definition) is 9. The fourth-order valence-corrected chi connectivity index (χ4v) is 8.32. The fraction of sp³-hybridized carbons (Fsp3) is 0.636. The number of sulfonamides is 1. The number of aromatic nitrogens is 2. The fourth-order valence-electron chi connectivity index (χ4n) is 7.00. The van der Waals surface area contributed by atoms with Gasteiger partial charge in [-0.2, -0.15) is 0 Å². The van der Waals surface area contributed by atoms with Gasteiger partial charge in [-0.1, -0.05) is 31.9 Å². The lowest BCUT2D eigenvalue weighted by Gasteiger charge is -2.29. The summed E-state index contributed by atoms with van der Waals surface area (Å²) in [5.74, 6) is -6.76. The number of para-hydroxylation sites is 2. The van der Waals surface area contributed by atoms with Crippen LogP contribution in [0.5, 0.6) is 5.88 Å². The lowest BCUT2D eigenvalue weighted by atomic mass is 10.00. The number of ether oxygens (including phenoxy) is 1. The summed E-state index contributed by atoms with van der Waals surface area (Å²) < 4.78 is 63.6. The summed E-state index contributed by atoms with van der Waals surface area (Å²) in [6, 6.07) is 4.59. The van der Waals surface area contributed by atoms with E-state index < -0.39 is 87.0 Å². The van der Waals surface area contributed by atoms with Crippen molar-refractivity contribution in [2.75, 3.05) is 6.54 Å². The Morgan fingerprint density at radius 1 is 1.08 bits per heavy atom. The minimum absolute atomic E-state index is 0.00873. The van der Waals surface area contributed by atoms with Gasteiger partial charge in [0.05, 0.1) is 22.3 Å². The summed E-state index contributed by atoms with van der Waals surface area (Å²) >= 11 is 0. The maximum absolute atomic E-state index is 15.2. The second-order valence-corrected chi connectivity index (χ2v) is 16.4. The highest BCUT2D eigenvalue weighted by molar-refractivity contribution is 7.91. The van der Waals surface area contributed by atoms with Crippen molar-refractivity contribution in [3.63, 3.8) is 0 Å². The predicted molar refractivity (Wildman–Crippen MR) is 175 cm³/mol. The quantitative estimate of drug-likeness (QED) is 0.330. The Balaban J connectivity index is 1.32. The zero-order valence-electron chi connectivity index (χ0n) is 27.9. The molecule has 0 radical (unpaired) electrons. The molecule has 2 aliphatic heterocycles. The van der Waals surface area contributed by atoms with Crippen LogP contribution in [0.2, 0.25) is 0 Å². The molecule has 0 bridgehead atoms. The van der Waals surface area contributed by atoms with E-state index >= 15 is 8.78 Å². The van der Waals surface area contributed by atoms with Gasteiger partial charge in [-0.05, 0) is 63.5 Å². The highest BCUT2D eigenvalue weighted by atomic mass is 32.2. The summed E-state index contributed by atoms with van der Waals surface area (Å²) in [7, 11) is -4.17. The second kappa shape index (κ2) is 13.2. The molecule has 0 spiro atoms. The van der Waals surface area contributed by atoms with Crippen molar-refractivity contribution in [3.8, 4) is 5.88 Å². The van der Waals surface area contributed by atoms with Crippen molar-refractivity contribution in [2.45, 2.75) is 119 Å². The number of carboxylic acid groups (broad SMARTS) is 1. The SMILES string of the molecule is CCc1nc2ccccc2nc1O[C@@H]1C[C@H]2C(=O)N[C@]3(C(=O)NS(=O)(=O)C4(C)CC4)C[C@H]3CC(F)(F)CCCCC[C@H](NC(=O)O)C(=O)N2C1. The molecular weight excluding hydrogens is 678 g/mol. The largest absolute Gasteiger partial charge is 0.471 e. The van der Waals surface area contributed by atoms with E-state index in [1.54, 1.807) is 18.2 Å². The molecule has 2 aromatic rings. The van der Waals surface area contributed by atoms with Crippen LogP contribution < -0.4 is 20.1 Å². The van der Waals surface area contributed by atoms with Crippen LogP contribution >= 0.6 is 0 Å². The molecule has 4 amide bonds. The van der Waals surface area contributed by atoms with Gasteiger partial charge < -0.3 is 25.4 Å². The van der Waals surface area contributed by atoms with E-state index in [1.165, 1.54) is 11.8 Å². The molecule has 4 fully saturated rings. The van der Waals surface area contributed by atoms with Crippen molar-refractivity contribution in [1.82, 2.24) is 30.2 Å². The van der Waals surface area contributed by atoms with E-state index in [0.717, 1.165) is 0 Å². The molecule has 14 nitrogen and oxygen atoms in total. The molecule has 3 heterocycles. The summed E-state index contributed by atoms with van der Waals surface area (Å²) in [6.45, 7) is 3.19. The number of alkyl halides is 2. The van der Waals surface area contributed by atoms with Gasteiger partial charge >= 0.3 is 6.09 Å². The number of nitrogens with zero attached hydrogens (tertiary/aromatic N) is 3. The second-order valence-electron chi connectivity index (χ2n) is 14.2. The molecule has 4 N–H and O–H groups in total. The number of fused-ring (bicyclic) bond motifs is 3. The molecule has 2 saturated heterocycles. The Morgan fingerprint density at radius 2 is 1.78 bits per heavy atom. The number of hydrogen-bond donors (Lipinski definition) is 4. The Hall–Kier alpha value is -4.15. The Morgan fingerprint density at radius 3 is 2.44 bits per heavy atom. The molecule has 6 rings (SSSR count). The third kappa shape index (κ3) is 7.19. The van der Waals surface area contributed by atoms with Crippen LogP contribution in [0.25, 0.3) is 11.0 Å². The first-order valence-electron chi connectivity index (χ1n) is 17.1. The van der Waals surface area contributed by atoms with Crippen molar-refractivity contribution in [1.29, 1.82) is 0 Å². The van der Waals surface area contributed by atoms with Crippen molar-refractivity contribution >= 4 is 44.9 Å². The first-order valence-corrected chi connectivity index (χ1v) is 18.5. The van der Waals surface area contributed by atoms with Crippen LogP contribution in [-0.4, -0.2) is 93.1 Å². The van der Waals surface area contributed by atoms with Crippen LogP contribution in [0.1, 0.15) is 83.7 Å².